The van der Waals surface area contributed by atoms with E-state index in [0.29, 0.717) is 32.7 Å². The van der Waals surface area contributed by atoms with E-state index in [0.717, 1.165) is 12.8 Å². The zero-order valence-corrected chi connectivity index (χ0v) is 9.58. The molecule has 0 saturated carbocycles. The molecule has 4 nitrogen and oxygen atoms in total. The summed E-state index contributed by atoms with van der Waals surface area (Å²) in [5, 5.41) is 0. The van der Waals surface area contributed by atoms with Crippen LogP contribution in [0.2, 0.25) is 0 Å². The first kappa shape index (κ1) is 12.5. The maximum Gasteiger partial charge on any atom is 0.305 e. The van der Waals surface area contributed by atoms with Crippen LogP contribution in [0.4, 0.5) is 0 Å². The minimum atomic E-state index is -0.580. The van der Waals surface area contributed by atoms with Crippen LogP contribution in [0.1, 0.15) is 39.5 Å². The zero-order valence-electron chi connectivity index (χ0n) is 9.58. The van der Waals surface area contributed by atoms with Crippen molar-refractivity contribution in [3.63, 3.8) is 0 Å². The molecule has 0 amide bonds. The lowest BCUT2D eigenvalue weighted by Gasteiger charge is -2.21. The summed E-state index contributed by atoms with van der Waals surface area (Å²) in [4.78, 5) is 11.3. The first-order valence-electron chi connectivity index (χ1n) is 5.60. The molecule has 1 fully saturated rings. The summed E-state index contributed by atoms with van der Waals surface area (Å²) in [6, 6.07) is 0. The van der Waals surface area contributed by atoms with Gasteiger partial charge in [0.2, 0.25) is 0 Å². The quantitative estimate of drug-likeness (QED) is 0.502. The Kier molecular flexibility index (Phi) is 5.05. The van der Waals surface area contributed by atoms with Gasteiger partial charge in [-0.25, -0.2) is 0 Å². The van der Waals surface area contributed by atoms with E-state index < -0.39 is 5.79 Å². The Balaban J connectivity index is 2.10. The van der Waals surface area contributed by atoms with Gasteiger partial charge in [0.1, 0.15) is 0 Å². The van der Waals surface area contributed by atoms with Crippen LogP contribution in [-0.4, -0.2) is 31.6 Å². The molecule has 15 heavy (non-hydrogen) atoms. The summed E-state index contributed by atoms with van der Waals surface area (Å²) < 4.78 is 15.8. The van der Waals surface area contributed by atoms with Gasteiger partial charge in [-0.1, -0.05) is 13.3 Å². The van der Waals surface area contributed by atoms with E-state index in [1.165, 1.54) is 0 Å². The van der Waals surface area contributed by atoms with Crippen LogP contribution in [0.25, 0.3) is 0 Å². The molecule has 0 unspecified atom stereocenters. The first-order valence-corrected chi connectivity index (χ1v) is 5.60. The third kappa shape index (κ3) is 4.62. The minimum absolute atomic E-state index is 0.163. The maximum absolute atomic E-state index is 11.3. The molecular weight excluding hydrogens is 196 g/mol. The third-order valence-electron chi connectivity index (χ3n) is 2.44. The number of unbranched alkanes of at least 4 members (excludes halogenated alkanes) is 1. The summed E-state index contributed by atoms with van der Waals surface area (Å²) in [7, 11) is 0. The summed E-state index contributed by atoms with van der Waals surface area (Å²) in [5.74, 6) is -0.743. The highest BCUT2D eigenvalue weighted by Gasteiger charge is 2.31. The molecule has 0 aromatic heterocycles. The average Bonchev–Trinajstić information content (AvgIpc) is 2.64. The Morgan fingerprint density at radius 1 is 1.40 bits per heavy atom. The van der Waals surface area contributed by atoms with E-state index >= 15 is 0 Å². The molecule has 0 aliphatic carbocycles. The van der Waals surface area contributed by atoms with Gasteiger partial charge >= 0.3 is 5.97 Å². The number of esters is 1. The highest BCUT2D eigenvalue weighted by atomic mass is 16.7. The highest BCUT2D eigenvalue weighted by molar-refractivity contribution is 5.69. The van der Waals surface area contributed by atoms with Gasteiger partial charge < -0.3 is 14.2 Å². The molecule has 0 atom stereocenters. The minimum Gasteiger partial charge on any atom is -0.466 e. The third-order valence-corrected chi connectivity index (χ3v) is 2.44. The van der Waals surface area contributed by atoms with Crippen LogP contribution in [0.3, 0.4) is 0 Å². The molecule has 0 aromatic rings. The lowest BCUT2D eigenvalue weighted by molar-refractivity contribution is -0.161. The van der Waals surface area contributed by atoms with Crippen molar-refractivity contribution >= 4 is 5.97 Å². The van der Waals surface area contributed by atoms with Crippen molar-refractivity contribution in [1.29, 1.82) is 0 Å². The van der Waals surface area contributed by atoms with Gasteiger partial charge in [-0.15, -0.1) is 0 Å². The molecule has 0 N–H and O–H groups in total. The zero-order chi connectivity index (χ0) is 11.1. The van der Waals surface area contributed by atoms with Gasteiger partial charge in [0, 0.05) is 6.42 Å². The molecule has 1 rings (SSSR count). The van der Waals surface area contributed by atoms with Crippen molar-refractivity contribution in [2.45, 2.75) is 45.3 Å². The largest absolute Gasteiger partial charge is 0.466 e. The molecule has 1 aliphatic heterocycles. The molecule has 0 bridgehead atoms. The smallest absolute Gasteiger partial charge is 0.305 e. The molecule has 1 heterocycles. The van der Waals surface area contributed by atoms with Crippen LogP contribution >= 0.6 is 0 Å². The second-order valence-electron chi connectivity index (χ2n) is 3.90. The number of hydrogen-bond donors (Lipinski definition) is 0. The number of rotatable bonds is 6. The lowest BCUT2D eigenvalue weighted by Crippen LogP contribution is -2.26. The summed E-state index contributed by atoms with van der Waals surface area (Å²) in [5.41, 5.74) is 0. The predicted octanol–water partition coefficient (Wildman–Crippen LogP) is 1.87. The Bertz CT molecular complexity index is 197. The Morgan fingerprint density at radius 3 is 2.67 bits per heavy atom. The van der Waals surface area contributed by atoms with Crippen LogP contribution in [0, 0.1) is 0 Å². The topological polar surface area (TPSA) is 44.8 Å². The van der Waals surface area contributed by atoms with Gasteiger partial charge in [0.25, 0.3) is 0 Å². The van der Waals surface area contributed by atoms with Crippen molar-refractivity contribution in [2.75, 3.05) is 19.8 Å². The van der Waals surface area contributed by atoms with Crippen LogP contribution in [0.15, 0.2) is 0 Å². The SMILES string of the molecule is CCCCOC(=O)CCC1(C)OCCO1. The monoisotopic (exact) mass is 216 g/mol. The fourth-order valence-electron chi connectivity index (χ4n) is 1.43. The molecule has 0 radical (unpaired) electrons. The standard InChI is InChI=1S/C11H20O4/c1-3-4-7-13-10(12)5-6-11(2)14-8-9-15-11/h3-9H2,1-2H3. The van der Waals surface area contributed by atoms with Gasteiger partial charge in [-0.3, -0.25) is 4.79 Å². The Morgan fingerprint density at radius 2 is 2.07 bits per heavy atom. The normalized spacial score (nSPS) is 19.1. The molecule has 0 aromatic carbocycles. The van der Waals surface area contributed by atoms with E-state index in [4.69, 9.17) is 14.2 Å². The predicted molar refractivity (Wildman–Crippen MR) is 55.4 cm³/mol. The van der Waals surface area contributed by atoms with Crippen molar-refractivity contribution in [3.05, 3.63) is 0 Å². The van der Waals surface area contributed by atoms with E-state index in [9.17, 15) is 4.79 Å². The molecule has 1 saturated heterocycles. The molecule has 0 spiro atoms. The second-order valence-corrected chi connectivity index (χ2v) is 3.90. The lowest BCUT2D eigenvalue weighted by atomic mass is 10.2. The van der Waals surface area contributed by atoms with Gasteiger partial charge in [-0.2, -0.15) is 0 Å². The van der Waals surface area contributed by atoms with Crippen molar-refractivity contribution in [3.8, 4) is 0 Å². The summed E-state index contributed by atoms with van der Waals surface area (Å²) in [6.07, 6.45) is 2.89. The molecular formula is C11H20O4. The van der Waals surface area contributed by atoms with E-state index in [-0.39, 0.29) is 5.97 Å². The average molecular weight is 216 g/mol. The molecule has 1 aliphatic rings. The fraction of sp³-hybridized carbons (Fsp3) is 0.909. The molecule has 4 heteroatoms. The van der Waals surface area contributed by atoms with Crippen molar-refractivity contribution < 1.29 is 19.0 Å². The van der Waals surface area contributed by atoms with Crippen molar-refractivity contribution in [1.82, 2.24) is 0 Å². The summed E-state index contributed by atoms with van der Waals surface area (Å²) in [6.45, 7) is 5.67. The van der Waals surface area contributed by atoms with Crippen LogP contribution < -0.4 is 0 Å². The number of carbonyl (C=O) groups excluding carboxylic acids is 1. The van der Waals surface area contributed by atoms with Gasteiger partial charge in [0.15, 0.2) is 5.79 Å². The molecule has 88 valence electrons. The van der Waals surface area contributed by atoms with E-state index in [1.54, 1.807) is 0 Å². The van der Waals surface area contributed by atoms with E-state index in [1.807, 2.05) is 6.92 Å². The Labute approximate surface area is 90.9 Å². The van der Waals surface area contributed by atoms with Gasteiger partial charge in [-0.05, 0) is 13.3 Å². The maximum atomic E-state index is 11.3. The number of carbonyl (C=O) groups is 1. The van der Waals surface area contributed by atoms with Crippen LogP contribution in [-0.2, 0) is 19.0 Å². The van der Waals surface area contributed by atoms with Gasteiger partial charge in [0.05, 0.1) is 26.2 Å². The number of ether oxygens (including phenoxy) is 3. The highest BCUT2D eigenvalue weighted by Crippen LogP contribution is 2.24. The first-order chi connectivity index (χ1) is 7.16. The second kappa shape index (κ2) is 6.08. The number of hydrogen-bond acceptors (Lipinski definition) is 4. The van der Waals surface area contributed by atoms with Crippen molar-refractivity contribution in [2.24, 2.45) is 0 Å². The van der Waals surface area contributed by atoms with Crippen LogP contribution in [0.5, 0.6) is 0 Å². The fourth-order valence-corrected chi connectivity index (χ4v) is 1.43. The Hall–Kier alpha value is -0.610. The van der Waals surface area contributed by atoms with E-state index in [2.05, 4.69) is 6.92 Å². The summed E-state index contributed by atoms with van der Waals surface area (Å²) >= 11 is 0.